The number of hydrogen-bond donors (Lipinski definition) is 1. The first kappa shape index (κ1) is 22.2. The zero-order valence-corrected chi connectivity index (χ0v) is 19.8. The first-order chi connectivity index (χ1) is 15.3. The third-order valence-corrected chi connectivity index (χ3v) is 6.43. The molecular formula is C24H24N4O2S2. The van der Waals surface area contributed by atoms with Crippen LogP contribution in [0.1, 0.15) is 30.5 Å². The van der Waals surface area contributed by atoms with Gasteiger partial charge in [-0.15, -0.1) is 0 Å². The Bertz CT molecular complexity index is 1280. The lowest BCUT2D eigenvalue weighted by Crippen LogP contribution is -2.27. The van der Waals surface area contributed by atoms with Gasteiger partial charge in [0.1, 0.15) is 15.8 Å². The summed E-state index contributed by atoms with van der Waals surface area (Å²) >= 11 is 6.69. The fraction of sp³-hybridized carbons (Fsp3) is 0.250. The molecular weight excluding hydrogens is 440 g/mol. The SMILES string of the molecule is Cc1ccc(CN2C(=O)/C(=C\c3c(NCC(C)C)nc4ccccn4c3=O)SC2=S)cc1. The van der Waals surface area contributed by atoms with Gasteiger partial charge in [0.05, 0.1) is 17.0 Å². The number of anilines is 1. The largest absolute Gasteiger partial charge is 0.369 e. The summed E-state index contributed by atoms with van der Waals surface area (Å²) in [6.45, 7) is 7.24. The predicted molar refractivity (Wildman–Crippen MR) is 135 cm³/mol. The van der Waals surface area contributed by atoms with Crippen LogP contribution in [0.5, 0.6) is 0 Å². The summed E-state index contributed by atoms with van der Waals surface area (Å²) in [7, 11) is 0. The molecule has 6 nitrogen and oxygen atoms in total. The molecule has 2 aromatic heterocycles. The van der Waals surface area contributed by atoms with Gasteiger partial charge in [-0.05, 0) is 36.6 Å². The van der Waals surface area contributed by atoms with Crippen LogP contribution in [0.4, 0.5) is 5.82 Å². The number of aromatic nitrogens is 2. The molecule has 1 aliphatic rings. The van der Waals surface area contributed by atoms with Gasteiger partial charge in [-0.3, -0.25) is 18.9 Å². The van der Waals surface area contributed by atoms with Gasteiger partial charge in [0.2, 0.25) is 0 Å². The van der Waals surface area contributed by atoms with Crippen molar-refractivity contribution in [2.45, 2.75) is 27.3 Å². The van der Waals surface area contributed by atoms with Crippen molar-refractivity contribution in [1.29, 1.82) is 0 Å². The Morgan fingerprint density at radius 1 is 1.16 bits per heavy atom. The summed E-state index contributed by atoms with van der Waals surface area (Å²) in [5, 5.41) is 3.27. The lowest BCUT2D eigenvalue weighted by Gasteiger charge is -2.14. The monoisotopic (exact) mass is 464 g/mol. The summed E-state index contributed by atoms with van der Waals surface area (Å²) in [5.74, 6) is 0.637. The molecule has 1 saturated heterocycles. The smallest absolute Gasteiger partial charge is 0.267 e. The van der Waals surface area contributed by atoms with Crippen LogP contribution < -0.4 is 10.9 Å². The minimum atomic E-state index is -0.231. The zero-order valence-electron chi connectivity index (χ0n) is 18.2. The highest BCUT2D eigenvalue weighted by atomic mass is 32.2. The highest BCUT2D eigenvalue weighted by Crippen LogP contribution is 2.34. The van der Waals surface area contributed by atoms with Gasteiger partial charge in [0.15, 0.2) is 0 Å². The van der Waals surface area contributed by atoms with Gasteiger partial charge in [-0.2, -0.15) is 0 Å². The van der Waals surface area contributed by atoms with Crippen molar-refractivity contribution in [3.8, 4) is 0 Å². The van der Waals surface area contributed by atoms with E-state index in [1.807, 2.05) is 37.3 Å². The third kappa shape index (κ3) is 4.61. The van der Waals surface area contributed by atoms with Crippen LogP contribution in [0.25, 0.3) is 11.7 Å². The summed E-state index contributed by atoms with van der Waals surface area (Å²) < 4.78 is 1.96. The summed E-state index contributed by atoms with van der Waals surface area (Å²) in [5.41, 5.74) is 2.83. The number of pyridine rings is 1. The number of fused-ring (bicyclic) bond motifs is 1. The van der Waals surface area contributed by atoms with E-state index in [-0.39, 0.29) is 11.5 Å². The first-order valence-corrected chi connectivity index (χ1v) is 11.6. The number of carbonyl (C=O) groups is 1. The van der Waals surface area contributed by atoms with Crippen LogP contribution in [-0.2, 0) is 11.3 Å². The number of nitrogens with one attached hydrogen (secondary N) is 1. The van der Waals surface area contributed by atoms with Crippen LogP contribution in [-0.4, -0.2) is 31.1 Å². The number of benzene rings is 1. The molecule has 0 spiro atoms. The number of rotatable bonds is 6. The van der Waals surface area contributed by atoms with Gasteiger partial charge in [-0.25, -0.2) is 4.98 Å². The van der Waals surface area contributed by atoms with Crippen LogP contribution >= 0.6 is 24.0 Å². The van der Waals surface area contributed by atoms with Crippen molar-refractivity contribution in [1.82, 2.24) is 14.3 Å². The first-order valence-electron chi connectivity index (χ1n) is 10.4. The fourth-order valence-corrected chi connectivity index (χ4v) is 4.55. The number of thiocarbonyl (C=S) groups is 1. The average molecular weight is 465 g/mol. The molecule has 164 valence electrons. The van der Waals surface area contributed by atoms with E-state index in [4.69, 9.17) is 12.2 Å². The lowest BCUT2D eigenvalue weighted by molar-refractivity contribution is -0.122. The molecule has 32 heavy (non-hydrogen) atoms. The quantitative estimate of drug-likeness (QED) is 0.429. The second-order valence-electron chi connectivity index (χ2n) is 8.14. The van der Waals surface area contributed by atoms with E-state index in [1.54, 1.807) is 29.3 Å². The van der Waals surface area contributed by atoms with Crippen LogP contribution in [0, 0.1) is 12.8 Å². The normalized spacial score (nSPS) is 15.4. The molecule has 0 atom stereocenters. The van der Waals surface area contributed by atoms with E-state index < -0.39 is 0 Å². The molecule has 1 fully saturated rings. The number of aryl methyl sites for hydroxylation is 1. The molecule has 0 radical (unpaired) electrons. The maximum atomic E-state index is 13.2. The van der Waals surface area contributed by atoms with Crippen molar-refractivity contribution < 1.29 is 4.79 Å². The maximum absolute atomic E-state index is 13.2. The van der Waals surface area contributed by atoms with E-state index >= 15 is 0 Å². The molecule has 4 rings (SSSR count). The molecule has 0 unspecified atom stereocenters. The van der Waals surface area contributed by atoms with E-state index in [0.29, 0.717) is 45.3 Å². The summed E-state index contributed by atoms with van der Waals surface area (Å²) in [4.78, 5) is 33.0. The molecule has 3 aromatic rings. The Balaban J connectivity index is 1.71. The maximum Gasteiger partial charge on any atom is 0.267 e. The minimum absolute atomic E-state index is 0.201. The van der Waals surface area contributed by atoms with Gasteiger partial charge < -0.3 is 5.32 Å². The second-order valence-corrected chi connectivity index (χ2v) is 9.81. The summed E-state index contributed by atoms with van der Waals surface area (Å²) in [6.07, 6.45) is 3.29. The number of hydrogen-bond acceptors (Lipinski definition) is 6. The van der Waals surface area contributed by atoms with E-state index in [9.17, 15) is 9.59 Å². The van der Waals surface area contributed by atoms with Gasteiger partial charge in [0.25, 0.3) is 11.5 Å². The van der Waals surface area contributed by atoms with Crippen molar-refractivity contribution in [2.24, 2.45) is 5.92 Å². The number of nitrogens with zero attached hydrogens (tertiary/aromatic N) is 3. The molecule has 0 bridgehead atoms. The molecule has 0 aliphatic carbocycles. The second kappa shape index (κ2) is 9.26. The van der Waals surface area contributed by atoms with Crippen LogP contribution in [0.15, 0.2) is 58.4 Å². The number of thioether (sulfide) groups is 1. The summed E-state index contributed by atoms with van der Waals surface area (Å²) in [6, 6.07) is 13.4. The Morgan fingerprint density at radius 2 is 1.91 bits per heavy atom. The molecule has 1 N–H and O–H groups in total. The Hall–Kier alpha value is -2.97. The Labute approximate surface area is 196 Å². The van der Waals surface area contributed by atoms with Gasteiger partial charge >= 0.3 is 0 Å². The molecule has 3 heterocycles. The third-order valence-electron chi connectivity index (χ3n) is 5.06. The van der Waals surface area contributed by atoms with Crippen LogP contribution in [0.2, 0.25) is 0 Å². The van der Waals surface area contributed by atoms with Crippen molar-refractivity contribution in [2.75, 3.05) is 11.9 Å². The molecule has 8 heteroatoms. The molecule has 0 saturated carbocycles. The van der Waals surface area contributed by atoms with Gasteiger partial charge in [0, 0.05) is 12.7 Å². The molecule has 1 aliphatic heterocycles. The van der Waals surface area contributed by atoms with Crippen molar-refractivity contribution >= 4 is 51.7 Å². The van der Waals surface area contributed by atoms with Crippen LogP contribution in [0.3, 0.4) is 0 Å². The Kier molecular flexibility index (Phi) is 6.43. The number of amides is 1. The van der Waals surface area contributed by atoms with Crippen molar-refractivity contribution in [3.05, 3.63) is 80.6 Å². The van der Waals surface area contributed by atoms with E-state index in [2.05, 4.69) is 24.1 Å². The minimum Gasteiger partial charge on any atom is -0.369 e. The highest BCUT2D eigenvalue weighted by molar-refractivity contribution is 8.26. The average Bonchev–Trinajstić information content (AvgIpc) is 3.03. The zero-order chi connectivity index (χ0) is 22.8. The Morgan fingerprint density at radius 3 is 2.62 bits per heavy atom. The standard InChI is InChI=1S/C24H24N4O2S2/c1-15(2)13-25-21-18(22(29)27-11-5-4-6-20(27)26-21)12-19-23(30)28(24(31)32-19)14-17-9-7-16(3)8-10-17/h4-12,15,25H,13-14H2,1-3H3/b19-12+. The number of carbonyl (C=O) groups excluding carboxylic acids is 1. The predicted octanol–water partition coefficient (Wildman–Crippen LogP) is 4.47. The highest BCUT2D eigenvalue weighted by Gasteiger charge is 2.32. The fourth-order valence-electron chi connectivity index (χ4n) is 3.31. The van der Waals surface area contributed by atoms with Gasteiger partial charge in [-0.1, -0.05) is 73.7 Å². The van der Waals surface area contributed by atoms with E-state index in [1.165, 1.54) is 16.2 Å². The van der Waals surface area contributed by atoms with E-state index in [0.717, 1.165) is 11.1 Å². The van der Waals surface area contributed by atoms with Crippen molar-refractivity contribution in [3.63, 3.8) is 0 Å². The lowest BCUT2D eigenvalue weighted by atomic mass is 10.1. The molecule has 1 aromatic carbocycles. The molecule has 1 amide bonds. The topological polar surface area (TPSA) is 66.7 Å².